The first-order valence-corrected chi connectivity index (χ1v) is 4.82. The molecule has 0 aliphatic heterocycles. The minimum absolute atomic E-state index is 0.497. The Bertz CT molecular complexity index is 233. The minimum atomic E-state index is 0.497. The maximum atomic E-state index is 2.47. The molecule has 1 heteroatoms. The molecule has 0 amide bonds. The summed E-state index contributed by atoms with van der Waals surface area (Å²) in [4.78, 5) is 2.47. The van der Waals surface area contributed by atoms with Gasteiger partial charge in [0.1, 0.15) is 0 Å². The Kier molecular flexibility index (Phi) is 1.75. The van der Waals surface area contributed by atoms with E-state index < -0.39 is 0 Å². The van der Waals surface area contributed by atoms with Gasteiger partial charge in [0.25, 0.3) is 0 Å². The van der Waals surface area contributed by atoms with E-state index in [9.17, 15) is 0 Å². The summed E-state index contributed by atoms with van der Waals surface area (Å²) >= 11 is 0. The van der Waals surface area contributed by atoms with Crippen molar-refractivity contribution in [3.8, 4) is 0 Å². The van der Waals surface area contributed by atoms with Gasteiger partial charge in [-0.1, -0.05) is 12.2 Å². The van der Waals surface area contributed by atoms with Crippen molar-refractivity contribution in [2.24, 2.45) is 0 Å². The lowest BCUT2D eigenvalue weighted by Gasteiger charge is -2.30. The average Bonchev–Trinajstić information content (AvgIpc) is 2.85. The van der Waals surface area contributed by atoms with Gasteiger partial charge in [-0.05, 0) is 38.7 Å². The number of rotatable bonds is 2. The number of nitrogens with zero attached hydrogens (tertiary/aromatic N) is 1. The maximum absolute atomic E-state index is 2.47. The Morgan fingerprint density at radius 3 is 2.67 bits per heavy atom. The molecule has 1 fully saturated rings. The number of hydrogen-bond acceptors (Lipinski definition) is 1. The zero-order valence-corrected chi connectivity index (χ0v) is 8.01. The SMILES string of the molecule is CN(C1=CC=CCC1)C1(C)CC1. The fraction of sp³-hybridized carbons (Fsp3) is 0.636. The summed E-state index contributed by atoms with van der Waals surface area (Å²) in [7, 11) is 2.23. The van der Waals surface area contributed by atoms with Crippen molar-refractivity contribution < 1.29 is 0 Å². The molecule has 2 aliphatic carbocycles. The third-order valence-corrected chi connectivity index (χ3v) is 3.21. The Labute approximate surface area is 74.8 Å². The molecule has 0 radical (unpaired) electrons. The first-order chi connectivity index (χ1) is 5.72. The molecule has 0 saturated heterocycles. The summed E-state index contributed by atoms with van der Waals surface area (Å²) in [6.07, 6.45) is 11.9. The molecule has 12 heavy (non-hydrogen) atoms. The predicted octanol–water partition coefficient (Wildman–Crippen LogP) is 2.70. The summed E-state index contributed by atoms with van der Waals surface area (Å²) in [5, 5.41) is 0. The Balaban J connectivity index is 2.08. The van der Waals surface area contributed by atoms with Crippen LogP contribution in [-0.2, 0) is 0 Å². The topological polar surface area (TPSA) is 3.24 Å². The fourth-order valence-corrected chi connectivity index (χ4v) is 1.73. The van der Waals surface area contributed by atoms with Gasteiger partial charge in [0.15, 0.2) is 0 Å². The van der Waals surface area contributed by atoms with Crippen LogP contribution < -0.4 is 0 Å². The van der Waals surface area contributed by atoms with Gasteiger partial charge >= 0.3 is 0 Å². The van der Waals surface area contributed by atoms with Gasteiger partial charge in [-0.15, -0.1) is 0 Å². The normalized spacial score (nSPS) is 25.0. The van der Waals surface area contributed by atoms with E-state index >= 15 is 0 Å². The fourth-order valence-electron chi connectivity index (χ4n) is 1.73. The summed E-state index contributed by atoms with van der Waals surface area (Å²) in [6.45, 7) is 2.35. The van der Waals surface area contributed by atoms with Crippen molar-refractivity contribution in [2.75, 3.05) is 7.05 Å². The lowest BCUT2D eigenvalue weighted by atomic mass is 10.1. The van der Waals surface area contributed by atoms with Crippen LogP contribution in [0, 0.1) is 0 Å². The lowest BCUT2D eigenvalue weighted by Crippen LogP contribution is -2.30. The highest BCUT2D eigenvalue weighted by atomic mass is 15.2. The first-order valence-electron chi connectivity index (χ1n) is 4.82. The van der Waals surface area contributed by atoms with Crippen LogP contribution in [0.5, 0.6) is 0 Å². The van der Waals surface area contributed by atoms with E-state index in [1.807, 2.05) is 0 Å². The van der Waals surface area contributed by atoms with Crippen LogP contribution in [0.25, 0.3) is 0 Å². The van der Waals surface area contributed by atoms with E-state index in [4.69, 9.17) is 0 Å². The molecular weight excluding hydrogens is 146 g/mol. The standard InChI is InChI=1S/C11H17N/c1-11(8-9-11)12(2)10-6-4-3-5-7-10/h3-4,6H,5,7-9H2,1-2H3. The summed E-state index contributed by atoms with van der Waals surface area (Å²) in [5.74, 6) is 0. The second-order valence-electron chi connectivity index (χ2n) is 4.18. The van der Waals surface area contributed by atoms with Crippen LogP contribution in [0.3, 0.4) is 0 Å². The van der Waals surface area contributed by atoms with Crippen molar-refractivity contribution in [1.29, 1.82) is 0 Å². The molecule has 0 spiro atoms. The van der Waals surface area contributed by atoms with Crippen molar-refractivity contribution >= 4 is 0 Å². The lowest BCUT2D eigenvalue weighted by molar-refractivity contribution is 0.292. The van der Waals surface area contributed by atoms with Gasteiger partial charge in [-0.2, -0.15) is 0 Å². The smallest absolute Gasteiger partial charge is 0.0369 e. The molecule has 1 nitrogen and oxygen atoms in total. The van der Waals surface area contributed by atoms with Crippen molar-refractivity contribution in [2.45, 2.75) is 38.1 Å². The molecule has 0 bridgehead atoms. The highest BCUT2D eigenvalue weighted by Crippen LogP contribution is 2.42. The van der Waals surface area contributed by atoms with Crippen LogP contribution in [0.2, 0.25) is 0 Å². The zero-order valence-electron chi connectivity index (χ0n) is 8.01. The van der Waals surface area contributed by atoms with Crippen LogP contribution in [0.4, 0.5) is 0 Å². The van der Waals surface area contributed by atoms with Crippen LogP contribution >= 0.6 is 0 Å². The molecule has 0 heterocycles. The minimum Gasteiger partial charge on any atom is -0.372 e. The second kappa shape index (κ2) is 2.65. The van der Waals surface area contributed by atoms with Crippen molar-refractivity contribution in [3.05, 3.63) is 23.9 Å². The Morgan fingerprint density at radius 1 is 1.42 bits per heavy atom. The Hall–Kier alpha value is -0.720. The average molecular weight is 163 g/mol. The summed E-state index contributed by atoms with van der Waals surface area (Å²) in [5.41, 5.74) is 2.01. The maximum Gasteiger partial charge on any atom is 0.0369 e. The highest BCUT2D eigenvalue weighted by Gasteiger charge is 2.41. The first kappa shape index (κ1) is 7.90. The van der Waals surface area contributed by atoms with E-state index in [0.29, 0.717) is 5.54 Å². The third kappa shape index (κ3) is 1.28. The van der Waals surface area contributed by atoms with Gasteiger partial charge in [-0.25, -0.2) is 0 Å². The molecule has 66 valence electrons. The van der Waals surface area contributed by atoms with Crippen LogP contribution in [0.1, 0.15) is 32.6 Å². The van der Waals surface area contributed by atoms with Crippen molar-refractivity contribution in [3.63, 3.8) is 0 Å². The van der Waals surface area contributed by atoms with Crippen molar-refractivity contribution in [1.82, 2.24) is 4.90 Å². The number of hydrogen-bond donors (Lipinski definition) is 0. The van der Waals surface area contributed by atoms with E-state index in [0.717, 1.165) is 0 Å². The second-order valence-corrected chi connectivity index (χ2v) is 4.18. The van der Waals surface area contributed by atoms with Gasteiger partial charge in [-0.3, -0.25) is 0 Å². The molecule has 2 aliphatic rings. The van der Waals surface area contributed by atoms with Gasteiger partial charge in [0, 0.05) is 18.3 Å². The highest BCUT2D eigenvalue weighted by molar-refractivity contribution is 5.20. The van der Waals surface area contributed by atoms with E-state index in [1.54, 1.807) is 0 Å². The molecule has 2 rings (SSSR count). The number of allylic oxidation sites excluding steroid dienone is 4. The van der Waals surface area contributed by atoms with Crippen LogP contribution in [-0.4, -0.2) is 17.5 Å². The van der Waals surface area contributed by atoms with Gasteiger partial charge in [0.2, 0.25) is 0 Å². The van der Waals surface area contributed by atoms with Crippen LogP contribution in [0.15, 0.2) is 23.9 Å². The summed E-state index contributed by atoms with van der Waals surface area (Å²) in [6, 6.07) is 0. The molecular formula is C11H17N. The molecule has 0 N–H and O–H groups in total. The molecule has 0 aromatic rings. The summed E-state index contributed by atoms with van der Waals surface area (Å²) < 4.78 is 0. The van der Waals surface area contributed by atoms with E-state index in [-0.39, 0.29) is 0 Å². The largest absolute Gasteiger partial charge is 0.372 e. The Morgan fingerprint density at radius 2 is 2.17 bits per heavy atom. The van der Waals surface area contributed by atoms with Gasteiger partial charge in [0.05, 0.1) is 0 Å². The molecule has 0 unspecified atom stereocenters. The predicted molar refractivity (Wildman–Crippen MR) is 51.9 cm³/mol. The molecule has 1 saturated carbocycles. The quantitative estimate of drug-likeness (QED) is 0.605. The molecule has 0 aromatic carbocycles. The zero-order chi connectivity index (χ0) is 8.60. The third-order valence-electron chi connectivity index (χ3n) is 3.21. The van der Waals surface area contributed by atoms with E-state index in [1.165, 1.54) is 31.4 Å². The van der Waals surface area contributed by atoms with Gasteiger partial charge < -0.3 is 4.90 Å². The van der Waals surface area contributed by atoms with E-state index in [2.05, 4.69) is 37.1 Å². The molecule has 0 atom stereocenters. The monoisotopic (exact) mass is 163 g/mol. The molecule has 0 aromatic heterocycles.